The van der Waals surface area contributed by atoms with Gasteiger partial charge in [0, 0.05) is 44.9 Å². The standard InChI is InChI=1S/C21H31NO6S/c1-25-18-5-6-19(26-2)20(11-18)29(23,24)22-12-17(14-28-13-16-3-4-16)21(15-22)7-9-27-10-8-21/h5-6,11,16-17H,3-4,7-10,12-15H2,1-2H3. The molecule has 0 aromatic heterocycles. The quantitative estimate of drug-likeness (QED) is 0.637. The van der Waals surface area contributed by atoms with E-state index in [1.165, 1.54) is 27.1 Å². The van der Waals surface area contributed by atoms with E-state index in [0.29, 0.717) is 50.3 Å². The highest BCUT2D eigenvalue weighted by Crippen LogP contribution is 2.47. The van der Waals surface area contributed by atoms with Crippen LogP contribution >= 0.6 is 0 Å². The van der Waals surface area contributed by atoms with Gasteiger partial charge < -0.3 is 18.9 Å². The van der Waals surface area contributed by atoms with E-state index in [0.717, 1.165) is 19.4 Å². The monoisotopic (exact) mass is 425 g/mol. The van der Waals surface area contributed by atoms with Gasteiger partial charge in [0.2, 0.25) is 10.0 Å². The Labute approximate surface area is 173 Å². The molecule has 1 atom stereocenters. The summed E-state index contributed by atoms with van der Waals surface area (Å²) in [6.45, 7) is 3.71. The van der Waals surface area contributed by atoms with Crippen molar-refractivity contribution in [1.29, 1.82) is 0 Å². The minimum absolute atomic E-state index is 0.0824. The molecular formula is C21H31NO6S. The fourth-order valence-electron chi connectivity index (χ4n) is 4.53. The van der Waals surface area contributed by atoms with Gasteiger partial charge >= 0.3 is 0 Å². The summed E-state index contributed by atoms with van der Waals surface area (Å²) < 4.78 is 50.9. The van der Waals surface area contributed by atoms with Crippen LogP contribution in [0.4, 0.5) is 0 Å². The van der Waals surface area contributed by atoms with Crippen LogP contribution in [0.1, 0.15) is 25.7 Å². The molecule has 1 aliphatic carbocycles. The molecule has 1 aromatic carbocycles. The zero-order valence-corrected chi connectivity index (χ0v) is 18.1. The lowest BCUT2D eigenvalue weighted by atomic mass is 9.72. The molecule has 8 heteroatoms. The second-order valence-electron chi connectivity index (χ2n) is 8.47. The number of rotatable bonds is 8. The summed E-state index contributed by atoms with van der Waals surface area (Å²) in [7, 11) is -0.708. The van der Waals surface area contributed by atoms with Crippen molar-refractivity contribution in [3.63, 3.8) is 0 Å². The molecule has 0 radical (unpaired) electrons. The number of benzene rings is 1. The molecule has 0 bridgehead atoms. The average molecular weight is 426 g/mol. The number of ether oxygens (including phenoxy) is 4. The van der Waals surface area contributed by atoms with Gasteiger partial charge in [-0.15, -0.1) is 0 Å². The Morgan fingerprint density at radius 3 is 2.55 bits per heavy atom. The third-order valence-electron chi connectivity index (χ3n) is 6.63. The fourth-order valence-corrected chi connectivity index (χ4v) is 6.28. The summed E-state index contributed by atoms with van der Waals surface area (Å²) in [5.41, 5.74) is -0.0824. The number of hydrogen-bond donors (Lipinski definition) is 0. The molecule has 0 amide bonds. The zero-order valence-electron chi connectivity index (χ0n) is 17.3. The van der Waals surface area contributed by atoms with Crippen LogP contribution in [-0.4, -0.2) is 66.5 Å². The number of nitrogens with zero attached hydrogens (tertiary/aromatic N) is 1. The Bertz CT molecular complexity index is 816. The Morgan fingerprint density at radius 2 is 1.90 bits per heavy atom. The smallest absolute Gasteiger partial charge is 0.246 e. The molecule has 2 aliphatic heterocycles. The third-order valence-corrected chi connectivity index (χ3v) is 8.46. The van der Waals surface area contributed by atoms with Crippen molar-refractivity contribution in [3.05, 3.63) is 18.2 Å². The molecular weight excluding hydrogens is 394 g/mol. The van der Waals surface area contributed by atoms with Gasteiger partial charge in [-0.05, 0) is 49.1 Å². The van der Waals surface area contributed by atoms with Crippen LogP contribution in [0.2, 0.25) is 0 Å². The van der Waals surface area contributed by atoms with Crippen molar-refractivity contribution in [2.45, 2.75) is 30.6 Å². The van der Waals surface area contributed by atoms with Crippen LogP contribution in [0.25, 0.3) is 0 Å². The highest BCUT2D eigenvalue weighted by atomic mass is 32.2. The summed E-state index contributed by atoms with van der Waals surface area (Å²) in [6.07, 6.45) is 4.23. The predicted molar refractivity (Wildman–Crippen MR) is 108 cm³/mol. The molecule has 1 saturated carbocycles. The summed E-state index contributed by atoms with van der Waals surface area (Å²) >= 11 is 0. The van der Waals surface area contributed by atoms with Gasteiger partial charge in [-0.3, -0.25) is 0 Å². The Hall–Kier alpha value is -1.35. The van der Waals surface area contributed by atoms with Gasteiger partial charge in [-0.25, -0.2) is 8.42 Å². The summed E-state index contributed by atoms with van der Waals surface area (Å²) in [6, 6.07) is 4.89. The van der Waals surface area contributed by atoms with Crippen LogP contribution < -0.4 is 9.47 Å². The normalized spacial score (nSPS) is 24.7. The topological polar surface area (TPSA) is 74.3 Å². The lowest BCUT2D eigenvalue weighted by Gasteiger charge is -2.38. The first-order chi connectivity index (χ1) is 14.0. The van der Waals surface area contributed by atoms with Gasteiger partial charge in [0.25, 0.3) is 0 Å². The van der Waals surface area contributed by atoms with Crippen molar-refractivity contribution >= 4 is 10.0 Å². The number of hydrogen-bond acceptors (Lipinski definition) is 6. The molecule has 2 heterocycles. The molecule has 1 aromatic rings. The maximum atomic E-state index is 13.6. The Morgan fingerprint density at radius 1 is 1.14 bits per heavy atom. The van der Waals surface area contributed by atoms with Gasteiger partial charge in [0.05, 0.1) is 20.8 Å². The van der Waals surface area contributed by atoms with E-state index in [1.807, 2.05) is 0 Å². The van der Waals surface area contributed by atoms with E-state index in [1.54, 1.807) is 22.5 Å². The molecule has 7 nitrogen and oxygen atoms in total. The van der Waals surface area contributed by atoms with Gasteiger partial charge in [-0.2, -0.15) is 4.31 Å². The third kappa shape index (κ3) is 4.26. The largest absolute Gasteiger partial charge is 0.497 e. The molecule has 4 rings (SSSR count). The van der Waals surface area contributed by atoms with Crippen molar-refractivity contribution < 1.29 is 27.4 Å². The highest BCUT2D eigenvalue weighted by Gasteiger charge is 2.51. The molecule has 1 spiro atoms. The number of sulfonamides is 1. The summed E-state index contributed by atoms with van der Waals surface area (Å²) in [4.78, 5) is 0.154. The minimum atomic E-state index is -3.72. The lowest BCUT2D eigenvalue weighted by molar-refractivity contribution is -0.0241. The number of methoxy groups -OCH3 is 2. The van der Waals surface area contributed by atoms with Crippen molar-refractivity contribution in [1.82, 2.24) is 4.31 Å². The fraction of sp³-hybridized carbons (Fsp3) is 0.714. The van der Waals surface area contributed by atoms with Crippen molar-refractivity contribution in [2.24, 2.45) is 17.3 Å². The second kappa shape index (κ2) is 8.41. The Kier molecular flexibility index (Phi) is 6.06. The first-order valence-electron chi connectivity index (χ1n) is 10.4. The molecule has 3 fully saturated rings. The molecule has 1 unspecified atom stereocenters. The van der Waals surface area contributed by atoms with Crippen LogP contribution in [-0.2, 0) is 19.5 Å². The van der Waals surface area contributed by atoms with Gasteiger partial charge in [-0.1, -0.05) is 0 Å². The van der Waals surface area contributed by atoms with E-state index < -0.39 is 10.0 Å². The van der Waals surface area contributed by atoms with E-state index in [9.17, 15) is 8.42 Å². The molecule has 2 saturated heterocycles. The maximum absolute atomic E-state index is 13.6. The average Bonchev–Trinajstić information content (AvgIpc) is 3.50. The molecule has 0 N–H and O–H groups in total. The minimum Gasteiger partial charge on any atom is -0.497 e. The maximum Gasteiger partial charge on any atom is 0.246 e. The first kappa shape index (κ1) is 20.9. The molecule has 162 valence electrons. The van der Waals surface area contributed by atoms with E-state index in [-0.39, 0.29) is 16.2 Å². The zero-order chi connectivity index (χ0) is 20.5. The van der Waals surface area contributed by atoms with E-state index in [4.69, 9.17) is 18.9 Å². The van der Waals surface area contributed by atoms with Crippen molar-refractivity contribution in [3.8, 4) is 11.5 Å². The summed E-state index contributed by atoms with van der Waals surface area (Å²) in [5, 5.41) is 0. The second-order valence-corrected chi connectivity index (χ2v) is 10.4. The summed E-state index contributed by atoms with van der Waals surface area (Å²) in [5.74, 6) is 1.70. The van der Waals surface area contributed by atoms with E-state index in [2.05, 4.69) is 0 Å². The Balaban J connectivity index is 1.58. The van der Waals surface area contributed by atoms with Gasteiger partial charge in [0.15, 0.2) is 0 Å². The predicted octanol–water partition coefficient (Wildman–Crippen LogP) is 2.55. The van der Waals surface area contributed by atoms with Crippen LogP contribution in [0.15, 0.2) is 23.1 Å². The SMILES string of the molecule is COc1ccc(OC)c(S(=O)(=O)N2CC(COCC3CC3)C3(CCOCC3)C2)c1. The van der Waals surface area contributed by atoms with Crippen LogP contribution in [0, 0.1) is 17.3 Å². The molecule has 29 heavy (non-hydrogen) atoms. The first-order valence-corrected chi connectivity index (χ1v) is 11.8. The van der Waals surface area contributed by atoms with Crippen molar-refractivity contribution in [2.75, 3.05) is 53.7 Å². The van der Waals surface area contributed by atoms with E-state index >= 15 is 0 Å². The van der Waals surface area contributed by atoms with Crippen LogP contribution in [0.3, 0.4) is 0 Å². The highest BCUT2D eigenvalue weighted by molar-refractivity contribution is 7.89. The van der Waals surface area contributed by atoms with Crippen LogP contribution in [0.5, 0.6) is 11.5 Å². The van der Waals surface area contributed by atoms with Gasteiger partial charge in [0.1, 0.15) is 16.4 Å². The molecule has 3 aliphatic rings. The lowest BCUT2D eigenvalue weighted by Crippen LogP contribution is -2.39.